The van der Waals surface area contributed by atoms with Gasteiger partial charge in [0.1, 0.15) is 17.2 Å². The maximum Gasteiger partial charge on any atom is 0.222 e. The average molecular weight is 540 g/mol. The summed E-state index contributed by atoms with van der Waals surface area (Å²) in [7, 11) is 4.05. The van der Waals surface area contributed by atoms with Crippen molar-refractivity contribution in [1.82, 2.24) is 48.9 Å². The summed E-state index contributed by atoms with van der Waals surface area (Å²) in [6.45, 7) is 7.86. The van der Waals surface area contributed by atoms with E-state index in [0.29, 0.717) is 29.9 Å². The Balaban J connectivity index is 1.28. The van der Waals surface area contributed by atoms with Crippen molar-refractivity contribution in [2.75, 3.05) is 45.2 Å². The predicted octanol–water partition coefficient (Wildman–Crippen LogP) is 3.25. The van der Waals surface area contributed by atoms with Gasteiger partial charge in [0.15, 0.2) is 11.6 Å². The second kappa shape index (κ2) is 10.0. The molecular weight excluding hydrogens is 506 g/mol. The maximum atomic E-state index is 6.24. The highest BCUT2D eigenvalue weighted by molar-refractivity contribution is 5.88. The molecule has 2 aliphatic heterocycles. The lowest BCUT2D eigenvalue weighted by atomic mass is 10.2. The maximum absolute atomic E-state index is 6.24. The summed E-state index contributed by atoms with van der Waals surface area (Å²) in [6.07, 6.45) is 8.23. The van der Waals surface area contributed by atoms with Crippen molar-refractivity contribution in [3.63, 3.8) is 0 Å². The zero-order valence-electron chi connectivity index (χ0n) is 23.0. The molecule has 206 valence electrons. The molecule has 2 aliphatic rings. The fraction of sp³-hybridized carbons (Fsp3) is 0.393. The summed E-state index contributed by atoms with van der Waals surface area (Å²) in [5, 5.41) is 13.9. The van der Waals surface area contributed by atoms with Crippen LogP contribution in [-0.4, -0.2) is 88.7 Å². The molecule has 0 aliphatic carbocycles. The molecule has 12 heteroatoms. The zero-order chi connectivity index (χ0) is 27.2. The van der Waals surface area contributed by atoms with Crippen LogP contribution in [0, 0.1) is 0 Å². The summed E-state index contributed by atoms with van der Waals surface area (Å²) < 4.78 is 12.3. The Hall–Kier alpha value is -4.29. The Bertz CT molecular complexity index is 1660. The molecule has 7 heterocycles. The van der Waals surface area contributed by atoms with Gasteiger partial charge < -0.3 is 19.5 Å². The number of aromatic nitrogens is 8. The fourth-order valence-corrected chi connectivity index (χ4v) is 5.47. The monoisotopic (exact) mass is 539 g/mol. The number of rotatable bonds is 3. The van der Waals surface area contributed by atoms with E-state index in [2.05, 4.69) is 72.8 Å². The van der Waals surface area contributed by atoms with E-state index in [4.69, 9.17) is 19.8 Å². The summed E-state index contributed by atoms with van der Waals surface area (Å²) in [5.74, 6) is 3.42. The predicted molar refractivity (Wildman–Crippen MR) is 152 cm³/mol. The van der Waals surface area contributed by atoms with Crippen molar-refractivity contribution in [2.45, 2.75) is 25.9 Å². The van der Waals surface area contributed by atoms with Gasteiger partial charge in [-0.25, -0.2) is 19.6 Å². The van der Waals surface area contributed by atoms with E-state index >= 15 is 0 Å². The van der Waals surface area contributed by atoms with E-state index in [-0.39, 0.29) is 6.04 Å². The van der Waals surface area contributed by atoms with E-state index in [1.54, 1.807) is 17.1 Å². The van der Waals surface area contributed by atoms with Gasteiger partial charge in [0, 0.05) is 76.5 Å². The van der Waals surface area contributed by atoms with Gasteiger partial charge in [-0.1, -0.05) is 0 Å². The molecule has 40 heavy (non-hydrogen) atoms. The number of nitrogens with one attached hydrogen (secondary N) is 1. The van der Waals surface area contributed by atoms with Gasteiger partial charge in [-0.3, -0.25) is 9.58 Å². The molecule has 5 aromatic rings. The van der Waals surface area contributed by atoms with Gasteiger partial charge in [0.25, 0.3) is 0 Å². The average Bonchev–Trinajstić information content (AvgIpc) is 3.67. The fourth-order valence-electron chi connectivity index (χ4n) is 5.47. The van der Waals surface area contributed by atoms with Crippen LogP contribution in [0.3, 0.4) is 0 Å². The highest BCUT2D eigenvalue weighted by Gasteiger charge is 2.22. The first kappa shape index (κ1) is 24.7. The van der Waals surface area contributed by atoms with E-state index in [0.717, 1.165) is 61.4 Å². The van der Waals surface area contributed by atoms with Gasteiger partial charge in [0.05, 0.1) is 29.7 Å². The summed E-state index contributed by atoms with van der Waals surface area (Å²) >= 11 is 0. The summed E-state index contributed by atoms with van der Waals surface area (Å²) in [5.41, 5.74) is 2.98. The van der Waals surface area contributed by atoms with Crippen LogP contribution >= 0.6 is 0 Å². The minimum atomic E-state index is 0.0804. The topological polar surface area (TPSA) is 107 Å². The van der Waals surface area contributed by atoms with E-state index < -0.39 is 0 Å². The molecule has 0 saturated carbocycles. The standard InChI is InChI=1S/C28H33N11O/c1-19-7-14-40-28-22(17-31-36(28)3)26-29-8-6-24(33-26)32-25-15-23-21(16-30-25)27(34-39(19)23)38-9-4-5-20(38)18-37-12-10-35(2)11-13-37/h4-6,8-9,15-17,19H,7,10-14,18H2,1-3H3,(H,29,30,32,33). The molecule has 5 aromatic heterocycles. The van der Waals surface area contributed by atoms with Crippen molar-refractivity contribution in [3.8, 4) is 23.1 Å². The van der Waals surface area contributed by atoms with Crippen LogP contribution in [0.2, 0.25) is 0 Å². The number of hydrogen-bond donors (Lipinski definition) is 1. The summed E-state index contributed by atoms with van der Waals surface area (Å²) in [4.78, 5) is 18.8. The lowest BCUT2D eigenvalue weighted by molar-refractivity contribution is 0.146. The Morgan fingerprint density at radius 2 is 1.93 bits per heavy atom. The highest BCUT2D eigenvalue weighted by atomic mass is 16.5. The first-order valence-corrected chi connectivity index (χ1v) is 13.7. The number of ether oxygens (including phenoxy) is 1. The number of anilines is 2. The Kier molecular flexibility index (Phi) is 6.20. The molecule has 1 N–H and O–H groups in total. The SMILES string of the molecule is CC1CCOc2c(cnn2C)-c2nccc(n2)Nc2cc3c(cn2)c(-n2cccc2CN2CCN(C)CC2)nn31. The molecule has 12 nitrogen and oxygen atoms in total. The lowest BCUT2D eigenvalue weighted by Gasteiger charge is -2.32. The second-order valence-electron chi connectivity index (χ2n) is 10.7. The number of nitrogens with zero attached hydrogens (tertiary/aromatic N) is 10. The Morgan fingerprint density at radius 3 is 2.80 bits per heavy atom. The zero-order valence-corrected chi connectivity index (χ0v) is 23.0. The number of pyridine rings is 1. The molecule has 4 bridgehead atoms. The molecule has 0 spiro atoms. The largest absolute Gasteiger partial charge is 0.477 e. The van der Waals surface area contributed by atoms with Gasteiger partial charge in [-0.05, 0) is 32.2 Å². The highest BCUT2D eigenvalue weighted by Crippen LogP contribution is 2.32. The number of likely N-dealkylation sites (N-methyl/N-ethyl adjacent to an activating group) is 1. The minimum Gasteiger partial charge on any atom is -0.477 e. The minimum absolute atomic E-state index is 0.0804. The van der Waals surface area contributed by atoms with Crippen LogP contribution in [0.1, 0.15) is 25.1 Å². The molecule has 1 fully saturated rings. The number of piperazine rings is 1. The molecule has 0 amide bonds. The van der Waals surface area contributed by atoms with E-state index in [1.807, 2.05) is 19.3 Å². The van der Waals surface area contributed by atoms with Crippen molar-refractivity contribution < 1.29 is 4.74 Å². The number of aryl methyl sites for hydroxylation is 1. The Morgan fingerprint density at radius 1 is 1.05 bits per heavy atom. The lowest BCUT2D eigenvalue weighted by Crippen LogP contribution is -2.44. The van der Waals surface area contributed by atoms with Crippen molar-refractivity contribution in [2.24, 2.45) is 7.05 Å². The molecule has 7 rings (SSSR count). The molecular formula is C28H33N11O. The van der Waals surface area contributed by atoms with Crippen molar-refractivity contribution >= 4 is 22.5 Å². The van der Waals surface area contributed by atoms with Gasteiger partial charge in [-0.15, -0.1) is 0 Å². The van der Waals surface area contributed by atoms with Crippen LogP contribution in [0.15, 0.2) is 49.1 Å². The van der Waals surface area contributed by atoms with Gasteiger partial charge >= 0.3 is 0 Å². The molecule has 1 saturated heterocycles. The second-order valence-corrected chi connectivity index (χ2v) is 10.7. The van der Waals surface area contributed by atoms with Crippen molar-refractivity contribution in [3.05, 3.63) is 54.7 Å². The third kappa shape index (κ3) is 4.48. The molecule has 0 radical (unpaired) electrons. The Labute approximate surface area is 232 Å². The first-order chi connectivity index (χ1) is 19.5. The smallest absolute Gasteiger partial charge is 0.222 e. The third-order valence-electron chi connectivity index (χ3n) is 7.84. The van der Waals surface area contributed by atoms with Crippen LogP contribution in [0.4, 0.5) is 11.6 Å². The van der Waals surface area contributed by atoms with Gasteiger partial charge in [0.2, 0.25) is 5.88 Å². The normalized spacial score (nSPS) is 18.3. The molecule has 0 aromatic carbocycles. The van der Waals surface area contributed by atoms with E-state index in [1.165, 1.54) is 5.69 Å². The van der Waals surface area contributed by atoms with Crippen LogP contribution in [0.25, 0.3) is 28.1 Å². The van der Waals surface area contributed by atoms with Crippen molar-refractivity contribution in [1.29, 1.82) is 0 Å². The first-order valence-electron chi connectivity index (χ1n) is 13.7. The van der Waals surface area contributed by atoms with Gasteiger partial charge in [-0.2, -0.15) is 10.2 Å². The number of hydrogen-bond acceptors (Lipinski definition) is 9. The third-order valence-corrected chi connectivity index (χ3v) is 7.84. The van der Waals surface area contributed by atoms with Crippen LogP contribution < -0.4 is 10.1 Å². The van der Waals surface area contributed by atoms with Crippen LogP contribution in [-0.2, 0) is 13.6 Å². The molecule has 1 atom stereocenters. The quantitative estimate of drug-likeness (QED) is 0.370. The van der Waals surface area contributed by atoms with E-state index in [9.17, 15) is 0 Å². The number of fused-ring (bicyclic) bond motifs is 5. The molecule has 1 unspecified atom stereocenters. The van der Waals surface area contributed by atoms with Crippen LogP contribution in [0.5, 0.6) is 5.88 Å². The summed E-state index contributed by atoms with van der Waals surface area (Å²) in [6, 6.07) is 8.25.